The topological polar surface area (TPSA) is 0 Å². The number of allylic oxidation sites excluding steroid dienone is 2. The van der Waals surface area contributed by atoms with Gasteiger partial charge in [0.15, 0.2) is 0 Å². The molecule has 0 heterocycles. The first-order chi connectivity index (χ1) is 18.6. The van der Waals surface area contributed by atoms with Crippen LogP contribution in [0.2, 0.25) is 13.1 Å². The van der Waals surface area contributed by atoms with Crippen molar-refractivity contribution >= 4 is 18.1 Å². The molecule has 0 saturated heterocycles. The van der Waals surface area contributed by atoms with Crippen molar-refractivity contribution in [2.24, 2.45) is 0 Å². The summed E-state index contributed by atoms with van der Waals surface area (Å²) in [6, 6.07) is 36.4. The second-order valence-electron chi connectivity index (χ2n) is 11.0. The zero-order valence-corrected chi connectivity index (χ0v) is 30.1. The van der Waals surface area contributed by atoms with Crippen LogP contribution in [0, 0.1) is 0 Å². The van der Waals surface area contributed by atoms with Gasteiger partial charge in [-0.25, -0.2) is 0 Å². The zero-order chi connectivity index (χ0) is 26.2. The van der Waals surface area contributed by atoms with Crippen LogP contribution in [-0.4, -0.2) is 5.98 Å². The van der Waals surface area contributed by atoms with E-state index in [1.807, 2.05) is 0 Å². The summed E-state index contributed by atoms with van der Waals surface area (Å²) in [7, 11) is 0. The van der Waals surface area contributed by atoms with Gasteiger partial charge in [-0.15, -0.1) is 0 Å². The minimum absolute atomic E-state index is 0. The quantitative estimate of drug-likeness (QED) is 0.251. The third kappa shape index (κ3) is 5.45. The van der Waals surface area contributed by atoms with Crippen LogP contribution in [0.4, 0.5) is 0 Å². The minimum atomic E-state index is -2.28. The van der Waals surface area contributed by atoms with Crippen LogP contribution in [0.1, 0.15) is 56.3 Å². The second kappa shape index (κ2) is 13.3. The van der Waals surface area contributed by atoms with Crippen LogP contribution in [0.15, 0.2) is 108 Å². The number of fused-ring (bicyclic) bond motifs is 2. The van der Waals surface area contributed by atoms with Gasteiger partial charge < -0.3 is 24.8 Å². The summed E-state index contributed by atoms with van der Waals surface area (Å²) in [4.78, 5) is 0. The average molecular weight is 747 g/mol. The number of hydrogen-bond donors (Lipinski definition) is 0. The monoisotopic (exact) mass is 747 g/mol. The molecule has 0 aliphatic heterocycles. The molecule has 0 nitrogen and oxygen atoms in total. The van der Waals surface area contributed by atoms with E-state index in [0.29, 0.717) is 7.35 Å². The molecule has 0 amide bonds. The Bertz CT molecular complexity index is 1410. The Kier molecular flexibility index (Phi) is 10.3. The Morgan fingerprint density at radius 3 is 1.30 bits per heavy atom. The van der Waals surface area contributed by atoms with Crippen molar-refractivity contribution < 1.29 is 45.4 Å². The predicted octanol–water partition coefficient (Wildman–Crippen LogP) is 4.03. The van der Waals surface area contributed by atoms with E-state index in [1.54, 1.807) is 22.3 Å². The van der Waals surface area contributed by atoms with E-state index < -0.39 is 26.6 Å². The van der Waals surface area contributed by atoms with Crippen molar-refractivity contribution in [3.8, 4) is 22.3 Å². The first-order valence-electron chi connectivity index (χ1n) is 14.3. The molecule has 203 valence electrons. The maximum Gasteiger partial charge on any atom is -1.00 e. The fourth-order valence-corrected chi connectivity index (χ4v) is 39.8. The Morgan fingerprint density at radius 1 is 0.550 bits per heavy atom. The first-order valence-corrected chi connectivity index (χ1v) is 27.5. The molecule has 4 aromatic carbocycles. The molecular formula is C36H37Cl2HfSi. The smallest absolute Gasteiger partial charge is 1.00 e. The van der Waals surface area contributed by atoms with Gasteiger partial charge in [0.1, 0.15) is 0 Å². The summed E-state index contributed by atoms with van der Waals surface area (Å²) < 4.78 is 1.42. The SMILES string of the molecule is CCC1=Cc2c(-c3ccccc3)cccc2[CH]1[Hf+2]([CH]1C(CC)=Cc2c(-c3ccccc3)cccc21)[SiH](C)C.[Cl-].[Cl-]. The average Bonchev–Trinajstić information content (AvgIpc) is 3.52. The zero-order valence-electron chi connectivity index (χ0n) is 23.8. The van der Waals surface area contributed by atoms with Crippen molar-refractivity contribution in [2.45, 2.75) is 47.1 Å². The van der Waals surface area contributed by atoms with Crippen LogP contribution in [-0.2, 0) is 20.6 Å². The number of rotatable bonds is 7. The molecule has 0 bridgehead atoms. The van der Waals surface area contributed by atoms with Gasteiger partial charge in [-0.1, -0.05) is 0 Å². The molecule has 0 fully saturated rings. The summed E-state index contributed by atoms with van der Waals surface area (Å²) in [6.45, 7) is 10.1. The van der Waals surface area contributed by atoms with E-state index in [1.165, 1.54) is 33.4 Å². The first kappa shape index (κ1) is 31.0. The van der Waals surface area contributed by atoms with Crippen LogP contribution in [0.25, 0.3) is 34.4 Å². The molecule has 2 unspecified atom stereocenters. The van der Waals surface area contributed by atoms with E-state index in [2.05, 4.69) is 136 Å². The normalized spacial score (nSPS) is 16.8. The third-order valence-corrected chi connectivity index (χ3v) is 39.5. The van der Waals surface area contributed by atoms with Gasteiger partial charge in [0.05, 0.1) is 0 Å². The van der Waals surface area contributed by atoms with Gasteiger partial charge >= 0.3 is 239 Å². The number of hydrogen-bond acceptors (Lipinski definition) is 0. The summed E-state index contributed by atoms with van der Waals surface area (Å²) in [5, 5.41) is 0. The summed E-state index contributed by atoms with van der Waals surface area (Å²) in [6.07, 6.45) is 7.54. The number of benzene rings is 4. The Hall–Kier alpha value is -1.97. The van der Waals surface area contributed by atoms with Crippen molar-refractivity contribution in [1.82, 2.24) is 0 Å². The van der Waals surface area contributed by atoms with Gasteiger partial charge in [-0.3, -0.25) is 0 Å². The largest absolute Gasteiger partial charge is 1.00 e. The molecule has 0 aromatic heterocycles. The molecule has 4 heteroatoms. The molecule has 2 aliphatic carbocycles. The van der Waals surface area contributed by atoms with Crippen LogP contribution in [0.3, 0.4) is 0 Å². The molecule has 2 aliphatic rings. The van der Waals surface area contributed by atoms with E-state index >= 15 is 0 Å². The molecule has 2 atom stereocenters. The fraction of sp³-hybridized carbons (Fsp3) is 0.222. The van der Waals surface area contributed by atoms with E-state index in [-0.39, 0.29) is 24.8 Å². The molecule has 4 aromatic rings. The number of halogens is 2. The maximum atomic E-state index is 2.68. The van der Waals surface area contributed by atoms with Crippen molar-refractivity contribution in [1.29, 1.82) is 0 Å². The Morgan fingerprint density at radius 2 is 0.950 bits per heavy atom. The second-order valence-corrected chi connectivity index (χ2v) is 39.0. The van der Waals surface area contributed by atoms with E-state index in [0.717, 1.165) is 12.8 Å². The fourth-order valence-electron chi connectivity index (χ4n) is 6.90. The third-order valence-electron chi connectivity index (χ3n) is 8.62. The van der Waals surface area contributed by atoms with E-state index in [4.69, 9.17) is 0 Å². The van der Waals surface area contributed by atoms with Crippen molar-refractivity contribution in [3.63, 3.8) is 0 Å². The standard InChI is InChI=1S/2C17H15.C2H7Si.2ClH.Hf/c2*1-2-13-11-15-9-6-10-16(17(15)12-13)14-7-4-3-5-8-14;1-3-2;;;/h2*3-12H,2H2,1H3;3H,1-2H3;2*1H;/q;;;;;+2/p-2. The van der Waals surface area contributed by atoms with Crippen LogP contribution < -0.4 is 24.8 Å². The molecule has 0 N–H and O–H groups in total. The predicted molar refractivity (Wildman–Crippen MR) is 165 cm³/mol. The Balaban J connectivity index is 0.00000185. The summed E-state index contributed by atoms with van der Waals surface area (Å²) in [5.41, 5.74) is 15.3. The van der Waals surface area contributed by atoms with Crippen molar-refractivity contribution in [3.05, 3.63) is 130 Å². The summed E-state index contributed by atoms with van der Waals surface area (Å²) >= 11 is -2.28. The van der Waals surface area contributed by atoms with Gasteiger partial charge in [0.25, 0.3) is 0 Å². The van der Waals surface area contributed by atoms with Gasteiger partial charge in [-0.05, 0) is 0 Å². The summed E-state index contributed by atoms with van der Waals surface area (Å²) in [5.74, 6) is -0.862. The molecule has 6 rings (SSSR count). The van der Waals surface area contributed by atoms with Gasteiger partial charge in [0.2, 0.25) is 0 Å². The molecule has 0 spiro atoms. The molecular weight excluding hydrogens is 710 g/mol. The molecule has 0 saturated carbocycles. The Labute approximate surface area is 261 Å². The van der Waals surface area contributed by atoms with Crippen molar-refractivity contribution in [2.75, 3.05) is 0 Å². The molecule has 0 radical (unpaired) electrons. The van der Waals surface area contributed by atoms with Crippen LogP contribution >= 0.6 is 0 Å². The van der Waals surface area contributed by atoms with Gasteiger partial charge in [0, 0.05) is 0 Å². The maximum absolute atomic E-state index is 2.68. The van der Waals surface area contributed by atoms with Gasteiger partial charge in [-0.2, -0.15) is 0 Å². The minimum Gasteiger partial charge on any atom is -1.00 e. The molecule has 40 heavy (non-hydrogen) atoms. The van der Waals surface area contributed by atoms with Crippen LogP contribution in [0.5, 0.6) is 0 Å². The van der Waals surface area contributed by atoms with E-state index in [9.17, 15) is 0 Å².